The van der Waals surface area contributed by atoms with Crippen LogP contribution in [-0.4, -0.2) is 28.0 Å². The van der Waals surface area contributed by atoms with Gasteiger partial charge in [0.05, 0.1) is 12.7 Å². The summed E-state index contributed by atoms with van der Waals surface area (Å²) in [5.41, 5.74) is 6.97. The quantitative estimate of drug-likeness (QED) is 0.845. The van der Waals surface area contributed by atoms with Crippen LogP contribution < -0.4 is 11.1 Å². The topological polar surface area (TPSA) is 82.2 Å². The minimum Gasteiger partial charge on any atom is -0.444 e. The normalized spacial score (nSPS) is 11.4. The Hall–Kier alpha value is -1.56. The number of alkyl carbamates (subject to hydrolysis) is 1. The first-order valence-corrected chi connectivity index (χ1v) is 6.01. The molecular formula is C12H22N4O2. The second-order valence-electron chi connectivity index (χ2n) is 5.12. The van der Waals surface area contributed by atoms with Crippen molar-refractivity contribution >= 4 is 6.09 Å². The maximum Gasteiger partial charge on any atom is 0.407 e. The molecule has 0 unspecified atom stereocenters. The number of hydrogen-bond donors (Lipinski definition) is 2. The van der Waals surface area contributed by atoms with E-state index in [1.54, 1.807) is 6.20 Å². The number of aromatic nitrogens is 2. The van der Waals surface area contributed by atoms with Gasteiger partial charge in [-0.15, -0.1) is 0 Å². The molecule has 0 aliphatic carbocycles. The molecule has 3 N–H and O–H groups in total. The van der Waals surface area contributed by atoms with Gasteiger partial charge in [-0.05, 0) is 27.7 Å². The highest BCUT2D eigenvalue weighted by atomic mass is 16.6. The van der Waals surface area contributed by atoms with E-state index in [2.05, 4.69) is 10.4 Å². The van der Waals surface area contributed by atoms with Crippen LogP contribution in [0.3, 0.4) is 0 Å². The van der Waals surface area contributed by atoms with Crippen LogP contribution in [0, 0.1) is 6.92 Å². The van der Waals surface area contributed by atoms with Gasteiger partial charge in [-0.1, -0.05) is 0 Å². The third kappa shape index (κ3) is 4.37. The number of nitrogens with two attached hydrogens (primary N) is 1. The summed E-state index contributed by atoms with van der Waals surface area (Å²) in [6.45, 7) is 9.07. The molecule has 0 saturated heterocycles. The Bertz CT molecular complexity index is 407. The average molecular weight is 254 g/mol. The summed E-state index contributed by atoms with van der Waals surface area (Å²) in [4.78, 5) is 11.5. The van der Waals surface area contributed by atoms with Crippen molar-refractivity contribution in [3.8, 4) is 0 Å². The fraction of sp³-hybridized carbons (Fsp3) is 0.667. The van der Waals surface area contributed by atoms with E-state index >= 15 is 0 Å². The Morgan fingerprint density at radius 1 is 1.56 bits per heavy atom. The third-order valence-corrected chi connectivity index (χ3v) is 2.37. The summed E-state index contributed by atoms with van der Waals surface area (Å²) < 4.78 is 6.98. The van der Waals surface area contributed by atoms with Gasteiger partial charge in [0.15, 0.2) is 0 Å². The summed E-state index contributed by atoms with van der Waals surface area (Å²) in [6, 6.07) is 0. The standard InChI is InChI=1S/C12H22N4O2/c1-9-10(8-15-16(9)6-5-13)7-14-11(17)18-12(2,3)4/h8H,5-7,13H2,1-4H3,(H,14,17). The minimum atomic E-state index is -0.483. The second kappa shape index (κ2) is 5.86. The van der Waals surface area contributed by atoms with Crippen LogP contribution in [0.15, 0.2) is 6.20 Å². The summed E-state index contributed by atoms with van der Waals surface area (Å²) >= 11 is 0. The zero-order valence-electron chi connectivity index (χ0n) is 11.5. The lowest BCUT2D eigenvalue weighted by atomic mass is 10.2. The van der Waals surface area contributed by atoms with Gasteiger partial charge in [-0.2, -0.15) is 5.10 Å². The lowest BCUT2D eigenvalue weighted by Gasteiger charge is -2.19. The van der Waals surface area contributed by atoms with Crippen molar-refractivity contribution in [2.75, 3.05) is 6.54 Å². The Labute approximate surface area is 107 Å². The molecule has 0 radical (unpaired) electrons. The molecule has 1 aromatic heterocycles. The number of ether oxygens (including phenoxy) is 1. The SMILES string of the molecule is Cc1c(CNC(=O)OC(C)(C)C)cnn1CCN. The van der Waals surface area contributed by atoms with Crippen LogP contribution >= 0.6 is 0 Å². The van der Waals surface area contributed by atoms with Crippen molar-refractivity contribution in [3.05, 3.63) is 17.5 Å². The van der Waals surface area contributed by atoms with Gasteiger partial charge in [0.25, 0.3) is 0 Å². The van der Waals surface area contributed by atoms with Crippen LogP contribution in [0.4, 0.5) is 4.79 Å². The summed E-state index contributed by atoms with van der Waals surface area (Å²) in [5, 5.41) is 6.91. The molecule has 0 aromatic carbocycles. The maximum atomic E-state index is 11.5. The van der Waals surface area contributed by atoms with Gasteiger partial charge < -0.3 is 15.8 Å². The van der Waals surface area contributed by atoms with Crippen LogP contribution in [0.1, 0.15) is 32.0 Å². The van der Waals surface area contributed by atoms with Gasteiger partial charge >= 0.3 is 6.09 Å². The number of nitrogens with one attached hydrogen (secondary N) is 1. The molecule has 1 heterocycles. The average Bonchev–Trinajstić information content (AvgIpc) is 2.56. The lowest BCUT2D eigenvalue weighted by molar-refractivity contribution is 0.0523. The number of hydrogen-bond acceptors (Lipinski definition) is 4. The van der Waals surface area contributed by atoms with Crippen molar-refractivity contribution in [1.29, 1.82) is 0 Å². The van der Waals surface area contributed by atoms with E-state index in [0.717, 1.165) is 11.3 Å². The van der Waals surface area contributed by atoms with Gasteiger partial charge in [0.1, 0.15) is 5.60 Å². The molecular weight excluding hydrogens is 232 g/mol. The van der Waals surface area contributed by atoms with Gasteiger partial charge in [-0.3, -0.25) is 4.68 Å². The first-order valence-electron chi connectivity index (χ1n) is 6.01. The molecule has 0 fully saturated rings. The molecule has 1 rings (SSSR count). The first-order chi connectivity index (χ1) is 8.33. The number of nitrogens with zero attached hydrogens (tertiary/aromatic N) is 2. The third-order valence-electron chi connectivity index (χ3n) is 2.37. The van der Waals surface area contributed by atoms with Gasteiger partial charge in [0, 0.05) is 24.3 Å². The van der Waals surface area contributed by atoms with E-state index in [4.69, 9.17) is 10.5 Å². The monoisotopic (exact) mass is 254 g/mol. The highest BCUT2D eigenvalue weighted by Crippen LogP contribution is 2.09. The van der Waals surface area contributed by atoms with Crippen LogP contribution in [0.25, 0.3) is 0 Å². The van der Waals surface area contributed by atoms with Gasteiger partial charge in [-0.25, -0.2) is 4.79 Å². The number of amides is 1. The highest BCUT2D eigenvalue weighted by Gasteiger charge is 2.16. The Morgan fingerprint density at radius 2 is 2.22 bits per heavy atom. The van der Waals surface area contributed by atoms with E-state index in [-0.39, 0.29) is 0 Å². The summed E-state index contributed by atoms with van der Waals surface area (Å²) in [7, 11) is 0. The fourth-order valence-corrected chi connectivity index (χ4v) is 1.49. The number of carbonyl (C=O) groups is 1. The van der Waals surface area contributed by atoms with Crippen molar-refractivity contribution in [2.24, 2.45) is 5.73 Å². The molecule has 0 bridgehead atoms. The van der Waals surface area contributed by atoms with Crippen molar-refractivity contribution < 1.29 is 9.53 Å². The lowest BCUT2D eigenvalue weighted by Crippen LogP contribution is -2.32. The zero-order chi connectivity index (χ0) is 13.8. The molecule has 1 aromatic rings. The molecule has 102 valence electrons. The molecule has 0 aliphatic rings. The largest absolute Gasteiger partial charge is 0.444 e. The smallest absolute Gasteiger partial charge is 0.407 e. The predicted molar refractivity (Wildman–Crippen MR) is 69.1 cm³/mol. The molecule has 6 heteroatoms. The van der Waals surface area contributed by atoms with E-state index in [1.165, 1.54) is 0 Å². The Balaban J connectivity index is 2.51. The molecule has 0 aliphatic heterocycles. The van der Waals surface area contributed by atoms with Crippen LogP contribution in [0.5, 0.6) is 0 Å². The Morgan fingerprint density at radius 3 is 2.78 bits per heavy atom. The first kappa shape index (κ1) is 14.5. The molecule has 0 saturated carbocycles. The maximum absolute atomic E-state index is 11.5. The molecule has 18 heavy (non-hydrogen) atoms. The van der Waals surface area contributed by atoms with Crippen molar-refractivity contribution in [3.63, 3.8) is 0 Å². The van der Waals surface area contributed by atoms with Crippen LogP contribution in [-0.2, 0) is 17.8 Å². The van der Waals surface area contributed by atoms with Gasteiger partial charge in [0.2, 0.25) is 0 Å². The van der Waals surface area contributed by atoms with E-state index < -0.39 is 11.7 Å². The van der Waals surface area contributed by atoms with Crippen molar-refractivity contribution in [2.45, 2.75) is 46.4 Å². The minimum absolute atomic E-state index is 0.408. The molecule has 0 spiro atoms. The second-order valence-corrected chi connectivity index (χ2v) is 5.12. The zero-order valence-corrected chi connectivity index (χ0v) is 11.5. The van der Waals surface area contributed by atoms with E-state index in [9.17, 15) is 4.79 Å². The Kier molecular flexibility index (Phi) is 4.72. The molecule has 1 amide bonds. The fourth-order valence-electron chi connectivity index (χ4n) is 1.49. The summed E-state index contributed by atoms with van der Waals surface area (Å²) in [6.07, 6.45) is 1.32. The van der Waals surface area contributed by atoms with Crippen LogP contribution in [0.2, 0.25) is 0 Å². The molecule has 0 atom stereocenters. The van der Waals surface area contributed by atoms with E-state index in [0.29, 0.717) is 19.6 Å². The molecule has 6 nitrogen and oxygen atoms in total. The van der Waals surface area contributed by atoms with Crippen molar-refractivity contribution in [1.82, 2.24) is 15.1 Å². The van der Waals surface area contributed by atoms with E-state index in [1.807, 2.05) is 32.4 Å². The predicted octanol–water partition coefficient (Wildman–Crippen LogP) is 1.17. The summed E-state index contributed by atoms with van der Waals surface area (Å²) in [5.74, 6) is 0. The highest BCUT2D eigenvalue weighted by molar-refractivity contribution is 5.67. The number of rotatable bonds is 4. The number of carbonyl (C=O) groups excluding carboxylic acids is 1.